The van der Waals surface area contributed by atoms with Gasteiger partial charge in [-0.05, 0) is 55.8 Å². The Morgan fingerprint density at radius 2 is 1.84 bits per heavy atom. The third-order valence-corrected chi connectivity index (χ3v) is 5.72. The summed E-state index contributed by atoms with van der Waals surface area (Å²) < 4.78 is 39.6. The topological polar surface area (TPSA) is 66.5 Å². The highest BCUT2D eigenvalue weighted by Gasteiger charge is 2.22. The number of nitrogens with one attached hydrogen (secondary N) is 1. The largest absolute Gasteiger partial charge is 0.350 e. The number of hydrogen-bond acceptors (Lipinski definition) is 3. The summed E-state index contributed by atoms with van der Waals surface area (Å²) in [5.74, 6) is -0.769. The van der Waals surface area contributed by atoms with Crippen molar-refractivity contribution < 1.29 is 17.6 Å². The molecule has 5 nitrogen and oxygen atoms in total. The smallest absolute Gasteiger partial charge is 0.264 e. The number of sulfonamides is 1. The second-order valence-corrected chi connectivity index (χ2v) is 7.73. The first-order chi connectivity index (χ1) is 11.8. The van der Waals surface area contributed by atoms with Gasteiger partial charge in [0, 0.05) is 18.7 Å². The molecule has 1 amide bonds. The third kappa shape index (κ3) is 4.36. The van der Waals surface area contributed by atoms with Crippen LogP contribution in [-0.4, -0.2) is 27.4 Å². The number of carbonyl (C=O) groups is 1. The van der Waals surface area contributed by atoms with Gasteiger partial charge in [-0.25, -0.2) is 12.8 Å². The van der Waals surface area contributed by atoms with Gasteiger partial charge in [0.2, 0.25) is 0 Å². The van der Waals surface area contributed by atoms with Crippen molar-refractivity contribution in [1.82, 2.24) is 5.32 Å². The summed E-state index contributed by atoms with van der Waals surface area (Å²) >= 11 is 0. The summed E-state index contributed by atoms with van der Waals surface area (Å²) in [6, 6.07) is 11.0. The van der Waals surface area contributed by atoms with Crippen LogP contribution in [0.2, 0.25) is 0 Å². The number of anilines is 1. The van der Waals surface area contributed by atoms with Gasteiger partial charge in [-0.15, -0.1) is 0 Å². The summed E-state index contributed by atoms with van der Waals surface area (Å²) in [6.45, 7) is 3.82. The SMILES string of the molecule is CC[C@H](C)NC(=O)c1cccc(S(=O)(=O)N(C)c2ccc(F)cc2)c1. The van der Waals surface area contributed by atoms with Gasteiger partial charge in [-0.1, -0.05) is 13.0 Å². The third-order valence-electron chi connectivity index (χ3n) is 3.93. The van der Waals surface area contributed by atoms with Crippen LogP contribution >= 0.6 is 0 Å². The molecular formula is C18H21FN2O3S. The van der Waals surface area contributed by atoms with E-state index in [1.807, 2.05) is 13.8 Å². The number of carbonyl (C=O) groups excluding carboxylic acids is 1. The van der Waals surface area contributed by atoms with E-state index in [-0.39, 0.29) is 22.4 Å². The molecule has 2 rings (SSSR count). The number of benzene rings is 2. The molecule has 0 saturated heterocycles. The fourth-order valence-electron chi connectivity index (χ4n) is 2.15. The second kappa shape index (κ2) is 7.65. The van der Waals surface area contributed by atoms with Crippen molar-refractivity contribution in [1.29, 1.82) is 0 Å². The van der Waals surface area contributed by atoms with Crippen molar-refractivity contribution in [2.75, 3.05) is 11.4 Å². The van der Waals surface area contributed by atoms with Gasteiger partial charge >= 0.3 is 0 Å². The Balaban J connectivity index is 2.32. The molecule has 1 atom stereocenters. The maximum Gasteiger partial charge on any atom is 0.264 e. The molecule has 2 aromatic carbocycles. The fourth-order valence-corrected chi connectivity index (χ4v) is 3.40. The Kier molecular flexibility index (Phi) is 5.79. The van der Waals surface area contributed by atoms with E-state index in [2.05, 4.69) is 5.32 Å². The van der Waals surface area contributed by atoms with Crippen LogP contribution in [0.5, 0.6) is 0 Å². The number of hydrogen-bond donors (Lipinski definition) is 1. The van der Waals surface area contributed by atoms with Gasteiger partial charge in [0.25, 0.3) is 15.9 Å². The number of halogens is 1. The summed E-state index contributed by atoms with van der Waals surface area (Å²) in [7, 11) is -2.48. The molecule has 0 saturated carbocycles. The molecule has 2 aromatic rings. The Labute approximate surface area is 147 Å². The van der Waals surface area contributed by atoms with Gasteiger partial charge in [-0.2, -0.15) is 0 Å². The summed E-state index contributed by atoms with van der Waals surface area (Å²) in [6.07, 6.45) is 0.775. The minimum absolute atomic E-state index is 0.00359. The van der Waals surface area contributed by atoms with Gasteiger partial charge in [0.1, 0.15) is 5.82 Å². The van der Waals surface area contributed by atoms with E-state index in [1.54, 1.807) is 6.07 Å². The lowest BCUT2D eigenvalue weighted by Crippen LogP contribution is -2.32. The lowest BCUT2D eigenvalue weighted by Gasteiger charge is -2.20. The zero-order valence-corrected chi connectivity index (χ0v) is 15.2. The minimum atomic E-state index is -3.86. The highest BCUT2D eigenvalue weighted by Crippen LogP contribution is 2.23. The standard InChI is InChI=1S/C18H21FN2O3S/c1-4-13(2)20-18(22)14-6-5-7-17(12-14)25(23,24)21(3)16-10-8-15(19)9-11-16/h5-13H,4H2,1-3H3,(H,20,22)/t13-/m0/s1. The zero-order valence-electron chi connectivity index (χ0n) is 14.4. The normalized spacial score (nSPS) is 12.5. The predicted molar refractivity (Wildman–Crippen MR) is 95.7 cm³/mol. The van der Waals surface area contributed by atoms with Crippen LogP contribution in [0, 0.1) is 5.82 Å². The van der Waals surface area contributed by atoms with Gasteiger partial charge in [0.15, 0.2) is 0 Å². The van der Waals surface area contributed by atoms with E-state index in [0.29, 0.717) is 5.69 Å². The molecule has 0 heterocycles. The first kappa shape index (κ1) is 18.9. The monoisotopic (exact) mass is 364 g/mol. The number of nitrogens with zero attached hydrogens (tertiary/aromatic N) is 1. The summed E-state index contributed by atoms with van der Waals surface area (Å²) in [4.78, 5) is 12.2. The molecule has 25 heavy (non-hydrogen) atoms. The van der Waals surface area contributed by atoms with E-state index < -0.39 is 15.8 Å². The van der Waals surface area contributed by atoms with Crippen molar-refractivity contribution in [2.24, 2.45) is 0 Å². The van der Waals surface area contributed by atoms with Crippen molar-refractivity contribution in [2.45, 2.75) is 31.2 Å². The van der Waals surface area contributed by atoms with Crippen LogP contribution < -0.4 is 9.62 Å². The van der Waals surface area contributed by atoms with Gasteiger partial charge in [0.05, 0.1) is 10.6 Å². The van der Waals surface area contributed by atoms with Crippen LogP contribution in [-0.2, 0) is 10.0 Å². The Morgan fingerprint density at radius 3 is 2.44 bits per heavy atom. The van der Waals surface area contributed by atoms with E-state index in [9.17, 15) is 17.6 Å². The second-order valence-electron chi connectivity index (χ2n) is 5.76. The maximum absolute atomic E-state index is 13.0. The van der Waals surface area contributed by atoms with Gasteiger partial charge < -0.3 is 5.32 Å². The number of rotatable bonds is 6. The Morgan fingerprint density at radius 1 is 1.20 bits per heavy atom. The quantitative estimate of drug-likeness (QED) is 0.856. The van der Waals surface area contributed by atoms with Crippen molar-refractivity contribution in [3.63, 3.8) is 0 Å². The predicted octanol–water partition coefficient (Wildman–Crippen LogP) is 3.18. The maximum atomic E-state index is 13.0. The summed E-state index contributed by atoms with van der Waals surface area (Å²) in [5, 5.41) is 2.80. The molecular weight excluding hydrogens is 343 g/mol. The van der Waals surface area contributed by atoms with Crippen LogP contribution in [0.25, 0.3) is 0 Å². The van der Waals surface area contributed by atoms with Crippen molar-refractivity contribution >= 4 is 21.6 Å². The first-order valence-electron chi connectivity index (χ1n) is 7.91. The Hall–Kier alpha value is -2.41. The van der Waals surface area contributed by atoms with Crippen LogP contribution in [0.1, 0.15) is 30.6 Å². The zero-order chi connectivity index (χ0) is 18.6. The lowest BCUT2D eigenvalue weighted by atomic mass is 10.2. The summed E-state index contributed by atoms with van der Waals surface area (Å²) in [5.41, 5.74) is 0.602. The molecule has 0 radical (unpaired) electrons. The molecule has 0 spiro atoms. The average Bonchev–Trinajstić information content (AvgIpc) is 2.61. The van der Waals surface area contributed by atoms with Gasteiger partial charge in [-0.3, -0.25) is 9.10 Å². The minimum Gasteiger partial charge on any atom is -0.350 e. The highest BCUT2D eigenvalue weighted by atomic mass is 32.2. The molecule has 0 aliphatic rings. The molecule has 0 fully saturated rings. The average molecular weight is 364 g/mol. The molecule has 1 N–H and O–H groups in total. The van der Waals surface area contributed by atoms with E-state index in [1.165, 1.54) is 49.5 Å². The molecule has 7 heteroatoms. The lowest BCUT2D eigenvalue weighted by molar-refractivity contribution is 0.0939. The Bertz CT molecular complexity index is 851. The van der Waals surface area contributed by atoms with Crippen LogP contribution in [0.3, 0.4) is 0 Å². The van der Waals surface area contributed by atoms with Crippen molar-refractivity contribution in [3.8, 4) is 0 Å². The molecule has 134 valence electrons. The highest BCUT2D eigenvalue weighted by molar-refractivity contribution is 7.92. The fraction of sp³-hybridized carbons (Fsp3) is 0.278. The van der Waals surface area contributed by atoms with Crippen LogP contribution in [0.4, 0.5) is 10.1 Å². The van der Waals surface area contributed by atoms with E-state index >= 15 is 0 Å². The molecule has 0 unspecified atom stereocenters. The van der Waals surface area contributed by atoms with E-state index in [4.69, 9.17) is 0 Å². The first-order valence-corrected chi connectivity index (χ1v) is 9.35. The molecule has 0 aliphatic carbocycles. The van der Waals surface area contributed by atoms with Crippen molar-refractivity contribution in [3.05, 3.63) is 59.9 Å². The number of amides is 1. The van der Waals surface area contributed by atoms with E-state index in [0.717, 1.165) is 10.7 Å². The molecule has 0 aliphatic heterocycles. The molecule has 0 bridgehead atoms. The molecule has 0 aromatic heterocycles. The van der Waals surface area contributed by atoms with Crippen LogP contribution in [0.15, 0.2) is 53.4 Å².